The highest BCUT2D eigenvalue weighted by molar-refractivity contribution is 5.82. The summed E-state index contributed by atoms with van der Waals surface area (Å²) in [5.74, 6) is 0. The Morgan fingerprint density at radius 1 is 1.25 bits per heavy atom. The highest BCUT2D eigenvalue weighted by Crippen LogP contribution is 2.23. The van der Waals surface area contributed by atoms with Crippen molar-refractivity contribution < 1.29 is 0 Å². The molecular formula is C17H25N3. The molecule has 0 saturated carbocycles. The van der Waals surface area contributed by atoms with Gasteiger partial charge in [0.1, 0.15) is 0 Å². The number of likely N-dealkylation sites (N-methyl/N-ethyl adjacent to an activating group) is 1. The third-order valence-corrected chi connectivity index (χ3v) is 4.03. The Labute approximate surface area is 121 Å². The molecule has 2 N–H and O–H groups in total. The average molecular weight is 271 g/mol. The number of aromatic nitrogens is 1. The van der Waals surface area contributed by atoms with Crippen molar-refractivity contribution in [2.75, 3.05) is 13.1 Å². The van der Waals surface area contributed by atoms with Gasteiger partial charge in [-0.15, -0.1) is 0 Å². The zero-order chi connectivity index (χ0) is 14.8. The molecule has 3 heteroatoms. The van der Waals surface area contributed by atoms with Gasteiger partial charge in [0.15, 0.2) is 0 Å². The van der Waals surface area contributed by atoms with Crippen LogP contribution in [0.5, 0.6) is 0 Å². The van der Waals surface area contributed by atoms with Crippen molar-refractivity contribution >= 4 is 10.9 Å². The van der Waals surface area contributed by atoms with E-state index in [-0.39, 0.29) is 5.54 Å². The van der Waals surface area contributed by atoms with E-state index >= 15 is 0 Å². The number of nitrogens with two attached hydrogens (primary N) is 1. The van der Waals surface area contributed by atoms with Crippen LogP contribution < -0.4 is 5.73 Å². The monoisotopic (exact) mass is 271 g/mol. The van der Waals surface area contributed by atoms with Crippen LogP contribution in [0.4, 0.5) is 0 Å². The zero-order valence-corrected chi connectivity index (χ0v) is 13.0. The largest absolute Gasteiger partial charge is 0.329 e. The van der Waals surface area contributed by atoms with Crippen molar-refractivity contribution in [1.29, 1.82) is 0 Å². The maximum atomic E-state index is 5.92. The summed E-state index contributed by atoms with van der Waals surface area (Å²) in [4.78, 5) is 7.03. The van der Waals surface area contributed by atoms with Crippen LogP contribution in [0.2, 0.25) is 0 Å². The normalized spacial score (nSPS) is 12.3. The molecule has 3 nitrogen and oxygen atoms in total. The van der Waals surface area contributed by atoms with E-state index in [2.05, 4.69) is 61.8 Å². The molecular weight excluding hydrogens is 246 g/mol. The van der Waals surface area contributed by atoms with Gasteiger partial charge in [0.2, 0.25) is 0 Å². The summed E-state index contributed by atoms with van der Waals surface area (Å²) in [6.45, 7) is 11.2. The number of benzene rings is 1. The lowest BCUT2D eigenvalue weighted by molar-refractivity contribution is 0.126. The second-order valence-corrected chi connectivity index (χ2v) is 5.97. The lowest BCUT2D eigenvalue weighted by Gasteiger charge is -2.37. The van der Waals surface area contributed by atoms with E-state index < -0.39 is 0 Å². The van der Waals surface area contributed by atoms with Gasteiger partial charge in [0.05, 0.1) is 5.52 Å². The van der Waals surface area contributed by atoms with Crippen LogP contribution in [-0.4, -0.2) is 28.5 Å². The first-order valence-electron chi connectivity index (χ1n) is 7.28. The van der Waals surface area contributed by atoms with Crippen molar-refractivity contribution in [2.45, 2.75) is 39.8 Å². The third kappa shape index (κ3) is 3.00. The summed E-state index contributed by atoms with van der Waals surface area (Å²) in [6, 6.07) is 10.5. The highest BCUT2D eigenvalue weighted by Gasteiger charge is 2.24. The van der Waals surface area contributed by atoms with Gasteiger partial charge in [-0.05, 0) is 45.0 Å². The summed E-state index contributed by atoms with van der Waals surface area (Å²) in [7, 11) is 0. The Morgan fingerprint density at radius 3 is 2.60 bits per heavy atom. The molecule has 108 valence electrons. The minimum atomic E-state index is 0.00697. The summed E-state index contributed by atoms with van der Waals surface area (Å²) in [5, 5.41) is 1.24. The van der Waals surface area contributed by atoms with Crippen LogP contribution in [0.1, 0.15) is 32.0 Å². The van der Waals surface area contributed by atoms with Crippen molar-refractivity contribution in [2.24, 2.45) is 5.73 Å². The Morgan fingerprint density at radius 2 is 1.95 bits per heavy atom. The Kier molecular flexibility index (Phi) is 4.41. The number of para-hydroxylation sites is 1. The number of rotatable bonds is 5. The van der Waals surface area contributed by atoms with Crippen molar-refractivity contribution in [3.8, 4) is 0 Å². The van der Waals surface area contributed by atoms with Gasteiger partial charge in [-0.2, -0.15) is 0 Å². The maximum absolute atomic E-state index is 5.92. The van der Waals surface area contributed by atoms with Crippen LogP contribution in [-0.2, 0) is 6.54 Å². The van der Waals surface area contributed by atoms with Crippen molar-refractivity contribution in [1.82, 2.24) is 9.88 Å². The molecule has 0 radical (unpaired) electrons. The van der Waals surface area contributed by atoms with Crippen LogP contribution in [0.3, 0.4) is 0 Å². The van der Waals surface area contributed by atoms with E-state index in [0.29, 0.717) is 6.54 Å². The molecule has 1 aromatic heterocycles. The Hall–Kier alpha value is -1.45. The fourth-order valence-corrected chi connectivity index (χ4v) is 2.61. The lowest BCUT2D eigenvalue weighted by Crippen LogP contribution is -2.48. The first kappa shape index (κ1) is 14.9. The molecule has 0 fully saturated rings. The van der Waals surface area contributed by atoms with Gasteiger partial charge in [-0.1, -0.05) is 25.1 Å². The van der Waals surface area contributed by atoms with Gasteiger partial charge >= 0.3 is 0 Å². The standard InChI is InChI=1S/C17H25N3/c1-5-20(17(3,4)12-18)11-14-10-13(2)19-16-9-7-6-8-15(14)16/h6-10H,5,11-12,18H2,1-4H3. The fourth-order valence-electron chi connectivity index (χ4n) is 2.61. The minimum Gasteiger partial charge on any atom is -0.329 e. The summed E-state index contributed by atoms with van der Waals surface area (Å²) in [6.07, 6.45) is 0. The molecule has 0 aliphatic carbocycles. The molecule has 2 rings (SSSR count). The van der Waals surface area contributed by atoms with Gasteiger partial charge in [-0.3, -0.25) is 9.88 Å². The van der Waals surface area contributed by atoms with Crippen LogP contribution >= 0.6 is 0 Å². The van der Waals surface area contributed by atoms with Crippen molar-refractivity contribution in [3.05, 3.63) is 41.6 Å². The van der Waals surface area contributed by atoms with Crippen LogP contribution in [0, 0.1) is 6.92 Å². The molecule has 0 aliphatic heterocycles. The van der Waals surface area contributed by atoms with Gasteiger partial charge in [-0.25, -0.2) is 0 Å². The van der Waals surface area contributed by atoms with Crippen molar-refractivity contribution in [3.63, 3.8) is 0 Å². The van der Waals surface area contributed by atoms with Gasteiger partial charge in [0.25, 0.3) is 0 Å². The van der Waals surface area contributed by atoms with Crippen LogP contribution in [0.15, 0.2) is 30.3 Å². The predicted molar refractivity (Wildman–Crippen MR) is 85.7 cm³/mol. The number of aryl methyl sites for hydroxylation is 1. The molecule has 0 spiro atoms. The quantitative estimate of drug-likeness (QED) is 0.908. The van der Waals surface area contributed by atoms with E-state index in [1.54, 1.807) is 0 Å². The first-order chi connectivity index (χ1) is 9.47. The van der Waals surface area contributed by atoms with Gasteiger partial charge < -0.3 is 5.73 Å². The van der Waals surface area contributed by atoms with E-state index in [1.165, 1.54) is 10.9 Å². The second kappa shape index (κ2) is 5.90. The first-order valence-corrected chi connectivity index (χ1v) is 7.28. The Bertz CT molecular complexity index is 590. The third-order valence-electron chi connectivity index (χ3n) is 4.03. The van der Waals surface area contributed by atoms with E-state index in [0.717, 1.165) is 24.3 Å². The lowest BCUT2D eigenvalue weighted by atomic mass is 10.0. The molecule has 0 amide bonds. The molecule has 2 aromatic rings. The fraction of sp³-hybridized carbons (Fsp3) is 0.471. The number of nitrogens with zero attached hydrogens (tertiary/aromatic N) is 2. The topological polar surface area (TPSA) is 42.2 Å². The molecule has 0 bridgehead atoms. The van der Waals surface area contributed by atoms with E-state index in [9.17, 15) is 0 Å². The molecule has 0 aliphatic rings. The molecule has 0 atom stereocenters. The SMILES string of the molecule is CCN(Cc1cc(C)nc2ccccc12)C(C)(C)CN. The summed E-state index contributed by atoms with van der Waals surface area (Å²) < 4.78 is 0. The van der Waals surface area contributed by atoms with E-state index in [4.69, 9.17) is 5.73 Å². The minimum absolute atomic E-state index is 0.00697. The predicted octanol–water partition coefficient (Wildman–Crippen LogP) is 3.10. The number of fused-ring (bicyclic) bond motifs is 1. The number of hydrogen-bond acceptors (Lipinski definition) is 3. The summed E-state index contributed by atoms with van der Waals surface area (Å²) in [5.41, 5.74) is 9.40. The molecule has 20 heavy (non-hydrogen) atoms. The molecule has 0 unspecified atom stereocenters. The highest BCUT2D eigenvalue weighted by atomic mass is 15.2. The maximum Gasteiger partial charge on any atom is 0.0708 e. The average Bonchev–Trinajstić information content (AvgIpc) is 2.44. The molecule has 1 heterocycles. The zero-order valence-electron chi connectivity index (χ0n) is 13.0. The number of pyridine rings is 1. The summed E-state index contributed by atoms with van der Waals surface area (Å²) >= 11 is 0. The smallest absolute Gasteiger partial charge is 0.0708 e. The van der Waals surface area contributed by atoms with E-state index in [1.807, 2.05) is 6.07 Å². The Balaban J connectivity index is 2.42. The molecule has 0 saturated heterocycles. The second-order valence-electron chi connectivity index (χ2n) is 5.97. The molecule has 1 aromatic carbocycles. The van der Waals surface area contributed by atoms with Crippen LogP contribution in [0.25, 0.3) is 10.9 Å². The number of hydrogen-bond donors (Lipinski definition) is 1. The van der Waals surface area contributed by atoms with Gasteiger partial charge in [0, 0.05) is 29.7 Å².